The molecule has 0 bridgehead atoms. The largest absolute Gasteiger partial charge is 0.299 e. The predicted molar refractivity (Wildman–Crippen MR) is 42.0 cm³/mol. The first-order valence-corrected chi connectivity index (χ1v) is 3.49. The number of nitrogens with two attached hydrogens (primary N) is 1. The number of nitrogens with zero attached hydrogens (tertiary/aromatic N) is 3. The van der Waals surface area contributed by atoms with Gasteiger partial charge in [-0.2, -0.15) is 0 Å². The van der Waals surface area contributed by atoms with E-state index in [2.05, 4.69) is 14.8 Å². The van der Waals surface area contributed by atoms with Gasteiger partial charge in [0.1, 0.15) is 6.61 Å². The molecule has 12 heavy (non-hydrogen) atoms. The van der Waals surface area contributed by atoms with E-state index in [4.69, 9.17) is 5.90 Å². The molecule has 2 N–H and O–H groups in total. The lowest BCUT2D eigenvalue weighted by Crippen LogP contribution is -2.01. The van der Waals surface area contributed by atoms with Crippen molar-refractivity contribution in [2.24, 2.45) is 5.90 Å². The summed E-state index contributed by atoms with van der Waals surface area (Å²) in [6.07, 6.45) is 6.90. The van der Waals surface area contributed by atoms with E-state index in [0.29, 0.717) is 6.61 Å². The van der Waals surface area contributed by atoms with Crippen LogP contribution in [0.2, 0.25) is 0 Å². The van der Waals surface area contributed by atoms with Gasteiger partial charge in [-0.15, -0.1) is 0 Å². The average Bonchev–Trinajstić information content (AvgIpc) is 2.50. The molecular formula is C7H8N4O. The molecule has 0 saturated heterocycles. The number of aromatic nitrogens is 3. The fourth-order valence-electron chi connectivity index (χ4n) is 1.09. The summed E-state index contributed by atoms with van der Waals surface area (Å²) in [5, 5.41) is 0. The van der Waals surface area contributed by atoms with Crippen LogP contribution in [0.4, 0.5) is 0 Å². The summed E-state index contributed by atoms with van der Waals surface area (Å²) in [5.74, 6) is 4.95. The van der Waals surface area contributed by atoms with Crippen LogP contribution >= 0.6 is 0 Å². The predicted octanol–water partition coefficient (Wildman–Crippen LogP) is 0.120. The summed E-state index contributed by atoms with van der Waals surface area (Å²) in [4.78, 5) is 12.5. The Kier molecular flexibility index (Phi) is 1.73. The first-order valence-electron chi connectivity index (χ1n) is 3.49. The Morgan fingerprint density at radius 2 is 2.42 bits per heavy atom. The topological polar surface area (TPSA) is 65.4 Å². The molecular weight excluding hydrogens is 156 g/mol. The molecule has 0 aliphatic carbocycles. The smallest absolute Gasteiger partial charge is 0.155 e. The van der Waals surface area contributed by atoms with Gasteiger partial charge in [0.05, 0.1) is 18.1 Å². The van der Waals surface area contributed by atoms with E-state index in [1.807, 2.05) is 10.6 Å². The summed E-state index contributed by atoms with van der Waals surface area (Å²) in [6, 6.07) is 0. The first kappa shape index (κ1) is 7.20. The van der Waals surface area contributed by atoms with E-state index in [-0.39, 0.29) is 0 Å². The van der Waals surface area contributed by atoms with E-state index in [1.54, 1.807) is 18.6 Å². The minimum Gasteiger partial charge on any atom is -0.299 e. The highest BCUT2D eigenvalue weighted by Crippen LogP contribution is 2.04. The Labute approximate surface area is 68.8 Å². The quantitative estimate of drug-likeness (QED) is 0.640. The van der Waals surface area contributed by atoms with Crippen molar-refractivity contribution < 1.29 is 4.84 Å². The highest BCUT2D eigenvalue weighted by molar-refractivity contribution is 5.36. The van der Waals surface area contributed by atoms with Crippen LogP contribution in [0, 0.1) is 0 Å². The van der Waals surface area contributed by atoms with Crippen molar-refractivity contribution in [3.8, 4) is 0 Å². The van der Waals surface area contributed by atoms with E-state index >= 15 is 0 Å². The molecule has 2 heterocycles. The van der Waals surface area contributed by atoms with Gasteiger partial charge in [0.25, 0.3) is 0 Å². The molecule has 0 aliphatic heterocycles. The van der Waals surface area contributed by atoms with E-state index < -0.39 is 0 Å². The first-order chi connectivity index (χ1) is 5.92. The number of hydrogen-bond acceptors (Lipinski definition) is 4. The number of rotatable bonds is 2. The van der Waals surface area contributed by atoms with Gasteiger partial charge < -0.3 is 0 Å². The third-order valence-corrected chi connectivity index (χ3v) is 1.63. The SMILES string of the molecule is NOCc1cnc2cnccn12. The van der Waals surface area contributed by atoms with Crippen molar-refractivity contribution in [1.29, 1.82) is 0 Å². The molecule has 2 rings (SSSR count). The molecule has 2 aromatic heterocycles. The molecule has 5 heteroatoms. The van der Waals surface area contributed by atoms with Crippen LogP contribution in [0.5, 0.6) is 0 Å². The standard InChI is InChI=1S/C7H8N4O/c8-12-5-6-3-10-7-4-9-1-2-11(6)7/h1-4H,5,8H2. The van der Waals surface area contributed by atoms with Gasteiger partial charge in [-0.05, 0) is 0 Å². The molecule has 0 amide bonds. The van der Waals surface area contributed by atoms with Crippen molar-refractivity contribution in [1.82, 2.24) is 14.4 Å². The lowest BCUT2D eigenvalue weighted by molar-refractivity contribution is 0.121. The Hall–Kier alpha value is -1.46. The van der Waals surface area contributed by atoms with Gasteiger partial charge in [0, 0.05) is 12.4 Å². The zero-order valence-electron chi connectivity index (χ0n) is 6.34. The molecule has 0 spiro atoms. The van der Waals surface area contributed by atoms with Gasteiger partial charge in [0.2, 0.25) is 0 Å². The Balaban J connectivity index is 2.55. The molecule has 2 aromatic rings. The minimum atomic E-state index is 0.352. The molecule has 0 fully saturated rings. The van der Waals surface area contributed by atoms with E-state index in [1.165, 1.54) is 0 Å². The highest BCUT2D eigenvalue weighted by Gasteiger charge is 2.00. The van der Waals surface area contributed by atoms with Gasteiger partial charge in [-0.1, -0.05) is 0 Å². The van der Waals surface area contributed by atoms with Crippen LogP contribution in [0.25, 0.3) is 5.65 Å². The van der Waals surface area contributed by atoms with Gasteiger partial charge in [-0.3, -0.25) is 14.2 Å². The van der Waals surface area contributed by atoms with Crippen molar-refractivity contribution in [3.05, 3.63) is 30.5 Å². The summed E-state index contributed by atoms with van der Waals surface area (Å²) >= 11 is 0. The van der Waals surface area contributed by atoms with Crippen LogP contribution in [0.1, 0.15) is 5.69 Å². The van der Waals surface area contributed by atoms with Crippen molar-refractivity contribution in [3.63, 3.8) is 0 Å². The normalized spacial score (nSPS) is 10.8. The van der Waals surface area contributed by atoms with E-state index in [9.17, 15) is 0 Å². The maximum Gasteiger partial charge on any atom is 0.155 e. The van der Waals surface area contributed by atoms with Crippen LogP contribution in [-0.2, 0) is 11.4 Å². The molecule has 5 nitrogen and oxygen atoms in total. The second kappa shape index (κ2) is 2.88. The van der Waals surface area contributed by atoms with Crippen LogP contribution in [-0.4, -0.2) is 14.4 Å². The average molecular weight is 164 g/mol. The maximum atomic E-state index is 4.95. The molecule has 0 saturated carbocycles. The monoisotopic (exact) mass is 164 g/mol. The van der Waals surface area contributed by atoms with Gasteiger partial charge >= 0.3 is 0 Å². The van der Waals surface area contributed by atoms with Crippen LogP contribution in [0.15, 0.2) is 24.8 Å². The second-order valence-electron chi connectivity index (χ2n) is 2.37. The van der Waals surface area contributed by atoms with Gasteiger partial charge in [-0.25, -0.2) is 10.9 Å². The van der Waals surface area contributed by atoms with Crippen LogP contribution in [0.3, 0.4) is 0 Å². The number of fused-ring (bicyclic) bond motifs is 1. The fraction of sp³-hybridized carbons (Fsp3) is 0.143. The molecule has 0 aliphatic rings. The van der Waals surface area contributed by atoms with Crippen LogP contribution < -0.4 is 5.90 Å². The maximum absolute atomic E-state index is 4.95. The Morgan fingerprint density at radius 3 is 3.25 bits per heavy atom. The minimum absolute atomic E-state index is 0.352. The third-order valence-electron chi connectivity index (χ3n) is 1.63. The molecule has 0 unspecified atom stereocenters. The summed E-state index contributed by atoms with van der Waals surface area (Å²) < 4.78 is 1.87. The van der Waals surface area contributed by atoms with Gasteiger partial charge in [0.15, 0.2) is 5.65 Å². The fourth-order valence-corrected chi connectivity index (χ4v) is 1.09. The summed E-state index contributed by atoms with van der Waals surface area (Å²) in [5.41, 5.74) is 1.71. The summed E-state index contributed by atoms with van der Waals surface area (Å²) in [7, 11) is 0. The summed E-state index contributed by atoms with van der Waals surface area (Å²) in [6.45, 7) is 0.352. The number of hydrogen-bond donors (Lipinski definition) is 1. The molecule has 0 radical (unpaired) electrons. The third kappa shape index (κ3) is 1.05. The zero-order valence-corrected chi connectivity index (χ0v) is 6.34. The zero-order chi connectivity index (χ0) is 8.39. The molecule has 0 atom stereocenters. The second-order valence-corrected chi connectivity index (χ2v) is 2.37. The Morgan fingerprint density at radius 1 is 1.50 bits per heavy atom. The lowest BCUT2D eigenvalue weighted by atomic mass is 10.5. The Bertz CT molecular complexity index is 384. The molecule has 0 aromatic carbocycles. The molecule has 62 valence electrons. The van der Waals surface area contributed by atoms with E-state index in [0.717, 1.165) is 11.3 Å². The van der Waals surface area contributed by atoms with Crippen molar-refractivity contribution >= 4 is 5.65 Å². The lowest BCUT2D eigenvalue weighted by Gasteiger charge is -1.97. The van der Waals surface area contributed by atoms with Crippen molar-refractivity contribution in [2.75, 3.05) is 0 Å². The number of imidazole rings is 1. The highest BCUT2D eigenvalue weighted by atomic mass is 16.6. The van der Waals surface area contributed by atoms with Crippen molar-refractivity contribution in [2.45, 2.75) is 6.61 Å².